The number of hydrogen-bond donors (Lipinski definition) is 4. The summed E-state index contributed by atoms with van der Waals surface area (Å²) in [4.78, 5) is 13.9. The van der Waals surface area contributed by atoms with Crippen LogP contribution in [0.1, 0.15) is 6.23 Å². The molecular weight excluding hydrogens is 357 g/mol. The highest BCUT2D eigenvalue weighted by Crippen LogP contribution is 2.32. The van der Waals surface area contributed by atoms with Crippen molar-refractivity contribution in [1.29, 1.82) is 0 Å². The van der Waals surface area contributed by atoms with Gasteiger partial charge >= 0.3 is 0 Å². The predicted octanol–water partition coefficient (Wildman–Crippen LogP) is -1.19. The minimum Gasteiger partial charge on any atom is -0.387 e. The molecule has 0 aliphatic carbocycles. The molecule has 2 aromatic rings. The molecule has 1 fully saturated rings. The number of rotatable bonds is 8. The zero-order valence-corrected chi connectivity index (χ0v) is 14.7. The average molecular weight is 381 g/mol. The summed E-state index contributed by atoms with van der Waals surface area (Å²) >= 11 is 0. The molecule has 3 rings (SSSR count). The quantitative estimate of drug-likeness (QED) is 0.414. The first kappa shape index (κ1) is 19.6. The van der Waals surface area contributed by atoms with Gasteiger partial charge in [0.25, 0.3) is 0 Å². The Hall–Kier alpha value is -2.18. The molecule has 3 heterocycles. The number of imidazole rings is 1. The number of aliphatic hydroxyl groups excluding tert-OH is 2. The second kappa shape index (κ2) is 8.67. The molecule has 0 saturated carbocycles. The lowest BCUT2D eigenvalue weighted by atomic mass is 10.1. The molecule has 0 amide bonds. The number of anilines is 1. The van der Waals surface area contributed by atoms with E-state index in [0.717, 1.165) is 0 Å². The largest absolute Gasteiger partial charge is 0.387 e. The number of ether oxygens (including phenoxy) is 1. The van der Waals surface area contributed by atoms with Crippen molar-refractivity contribution < 1.29 is 19.3 Å². The Bertz CT molecular complexity index is 786. The summed E-state index contributed by atoms with van der Waals surface area (Å²) in [6.45, 7) is 0.753. The molecule has 0 bridgehead atoms. The molecule has 27 heavy (non-hydrogen) atoms. The van der Waals surface area contributed by atoms with Crippen molar-refractivity contribution in [2.24, 2.45) is 5.73 Å². The van der Waals surface area contributed by atoms with Crippen LogP contribution >= 0.6 is 0 Å². The third-order valence-electron chi connectivity index (χ3n) is 4.50. The van der Waals surface area contributed by atoms with E-state index in [1.807, 2.05) is 6.08 Å². The Morgan fingerprint density at radius 3 is 2.81 bits per heavy atom. The van der Waals surface area contributed by atoms with Gasteiger partial charge in [-0.15, -0.1) is 0 Å². The molecular formula is C16H24FN7O3. The fourth-order valence-electron chi connectivity index (χ4n) is 3.12. The Labute approximate surface area is 155 Å². The number of alkyl halides is 1. The molecule has 11 heteroatoms. The molecule has 1 aliphatic heterocycles. The van der Waals surface area contributed by atoms with Crippen molar-refractivity contribution in [2.75, 3.05) is 38.6 Å². The number of nitrogens with two attached hydrogens (primary N) is 2. The molecule has 1 aliphatic rings. The van der Waals surface area contributed by atoms with Crippen LogP contribution in [0.15, 0.2) is 24.8 Å². The van der Waals surface area contributed by atoms with Gasteiger partial charge in [0.05, 0.1) is 6.33 Å². The molecule has 0 aromatic carbocycles. The molecule has 1 saturated heterocycles. The summed E-state index contributed by atoms with van der Waals surface area (Å²) in [5.41, 5.74) is 12.0. The summed E-state index contributed by atoms with van der Waals surface area (Å²) in [7, 11) is 0. The van der Waals surface area contributed by atoms with E-state index in [4.69, 9.17) is 16.2 Å². The molecule has 0 spiro atoms. The number of aromatic nitrogens is 4. The van der Waals surface area contributed by atoms with Crippen molar-refractivity contribution in [3.05, 3.63) is 24.8 Å². The Kier molecular flexibility index (Phi) is 6.29. The summed E-state index contributed by atoms with van der Waals surface area (Å²) in [6, 6.07) is 0. The minimum atomic E-state index is -1.20. The van der Waals surface area contributed by atoms with Gasteiger partial charge in [-0.2, -0.15) is 0 Å². The molecule has 0 radical (unpaired) electrons. The van der Waals surface area contributed by atoms with E-state index in [-0.39, 0.29) is 18.9 Å². The standard InChI is InChI=1S/C16H24FN7O3/c17-3-6-23(5-2-1-4-18)7-10-12(25)13(26)16(27-10)24-9-22-11-14(19)20-8-21-15(11)24/h1-2,8-10,12-13,16,25-26H,3-7,18H2,(H2,19,20,21)/b2-1-/t10-,12-,13-,16-/m1/s1. The number of aliphatic hydroxyl groups is 2. The van der Waals surface area contributed by atoms with Gasteiger partial charge in [0.15, 0.2) is 17.7 Å². The van der Waals surface area contributed by atoms with Gasteiger partial charge in [0.1, 0.15) is 36.8 Å². The first-order valence-corrected chi connectivity index (χ1v) is 8.64. The maximum Gasteiger partial charge on any atom is 0.167 e. The summed E-state index contributed by atoms with van der Waals surface area (Å²) in [5, 5.41) is 20.9. The van der Waals surface area contributed by atoms with Crippen molar-refractivity contribution in [1.82, 2.24) is 24.4 Å². The SMILES string of the molecule is NC/C=C\CN(CCF)C[C@H]1O[C@@H](n2cnc3c(N)ncnc32)[C@H](O)[C@@H]1O. The van der Waals surface area contributed by atoms with Crippen LogP contribution in [0.3, 0.4) is 0 Å². The van der Waals surface area contributed by atoms with Crippen LogP contribution in [0.25, 0.3) is 11.2 Å². The zero-order chi connectivity index (χ0) is 19.4. The molecule has 4 atom stereocenters. The molecule has 6 N–H and O–H groups in total. The smallest absolute Gasteiger partial charge is 0.167 e. The fraction of sp³-hybridized carbons (Fsp3) is 0.562. The first-order valence-electron chi connectivity index (χ1n) is 8.64. The van der Waals surface area contributed by atoms with Crippen LogP contribution in [-0.4, -0.2) is 85.8 Å². The van der Waals surface area contributed by atoms with E-state index in [1.165, 1.54) is 17.2 Å². The topological polar surface area (TPSA) is 149 Å². The summed E-state index contributed by atoms with van der Waals surface area (Å²) in [6.07, 6.45) is 2.38. The lowest BCUT2D eigenvalue weighted by Gasteiger charge is -2.24. The van der Waals surface area contributed by atoms with Crippen LogP contribution in [0.5, 0.6) is 0 Å². The van der Waals surface area contributed by atoms with Gasteiger partial charge in [0, 0.05) is 26.2 Å². The summed E-state index contributed by atoms with van der Waals surface area (Å²) in [5.74, 6) is 0.212. The highest BCUT2D eigenvalue weighted by molar-refractivity contribution is 5.81. The van der Waals surface area contributed by atoms with Gasteiger partial charge < -0.3 is 26.4 Å². The van der Waals surface area contributed by atoms with Crippen molar-refractivity contribution >= 4 is 17.0 Å². The number of fused-ring (bicyclic) bond motifs is 1. The Morgan fingerprint density at radius 2 is 2.07 bits per heavy atom. The molecule has 0 unspecified atom stereocenters. The monoisotopic (exact) mass is 381 g/mol. The van der Waals surface area contributed by atoms with E-state index in [9.17, 15) is 14.6 Å². The predicted molar refractivity (Wildman–Crippen MR) is 96.3 cm³/mol. The number of halogens is 1. The highest BCUT2D eigenvalue weighted by atomic mass is 19.1. The normalized spacial score (nSPS) is 26.0. The van der Waals surface area contributed by atoms with Crippen molar-refractivity contribution in [3.63, 3.8) is 0 Å². The zero-order valence-electron chi connectivity index (χ0n) is 14.7. The van der Waals surface area contributed by atoms with E-state index in [2.05, 4.69) is 15.0 Å². The van der Waals surface area contributed by atoms with Gasteiger partial charge in [-0.3, -0.25) is 9.47 Å². The minimum absolute atomic E-state index is 0.181. The lowest BCUT2D eigenvalue weighted by Crippen LogP contribution is -2.41. The van der Waals surface area contributed by atoms with E-state index in [1.54, 1.807) is 11.0 Å². The van der Waals surface area contributed by atoms with Crippen molar-refractivity contribution in [2.45, 2.75) is 24.5 Å². The number of hydrogen-bond acceptors (Lipinski definition) is 9. The summed E-state index contributed by atoms with van der Waals surface area (Å²) < 4.78 is 20.2. The number of nitrogens with zero attached hydrogens (tertiary/aromatic N) is 5. The van der Waals surface area contributed by atoms with Gasteiger partial charge in [-0.05, 0) is 0 Å². The second-order valence-corrected chi connectivity index (χ2v) is 6.28. The Balaban J connectivity index is 1.76. The van der Waals surface area contributed by atoms with Gasteiger partial charge in [-0.1, -0.05) is 12.2 Å². The third-order valence-corrected chi connectivity index (χ3v) is 4.50. The second-order valence-electron chi connectivity index (χ2n) is 6.28. The molecule has 2 aromatic heterocycles. The van der Waals surface area contributed by atoms with Gasteiger partial charge in [0.2, 0.25) is 0 Å². The fourth-order valence-corrected chi connectivity index (χ4v) is 3.12. The lowest BCUT2D eigenvalue weighted by molar-refractivity contribution is -0.0435. The van der Waals surface area contributed by atoms with E-state index < -0.39 is 31.2 Å². The Morgan fingerprint density at radius 1 is 1.26 bits per heavy atom. The molecule has 10 nitrogen and oxygen atoms in total. The van der Waals surface area contributed by atoms with Crippen LogP contribution in [0, 0.1) is 0 Å². The third kappa shape index (κ3) is 4.06. The van der Waals surface area contributed by atoms with Crippen molar-refractivity contribution in [3.8, 4) is 0 Å². The average Bonchev–Trinajstić information content (AvgIpc) is 3.19. The highest BCUT2D eigenvalue weighted by Gasteiger charge is 2.44. The maximum absolute atomic E-state index is 12.8. The van der Waals surface area contributed by atoms with E-state index >= 15 is 0 Å². The molecule has 148 valence electrons. The number of nitrogen functional groups attached to an aromatic ring is 1. The van der Waals surface area contributed by atoms with Crippen LogP contribution in [0.4, 0.5) is 10.2 Å². The maximum atomic E-state index is 12.8. The van der Waals surface area contributed by atoms with E-state index in [0.29, 0.717) is 24.3 Å². The van der Waals surface area contributed by atoms with Crippen LogP contribution in [0.2, 0.25) is 0 Å². The van der Waals surface area contributed by atoms with Crippen LogP contribution < -0.4 is 11.5 Å². The first-order chi connectivity index (χ1) is 13.1. The van der Waals surface area contributed by atoms with Gasteiger partial charge in [-0.25, -0.2) is 19.3 Å². The van der Waals surface area contributed by atoms with Crippen LogP contribution in [-0.2, 0) is 4.74 Å².